The first-order valence-corrected chi connectivity index (χ1v) is 8.09. The first kappa shape index (κ1) is 15.6. The number of carbonyl (C=O) groups is 1. The van der Waals surface area contributed by atoms with Gasteiger partial charge in [0, 0.05) is 38.4 Å². The van der Waals surface area contributed by atoms with Crippen LogP contribution in [0.1, 0.15) is 11.1 Å². The van der Waals surface area contributed by atoms with E-state index in [0.29, 0.717) is 0 Å². The van der Waals surface area contributed by atoms with Crippen molar-refractivity contribution in [2.75, 3.05) is 31.5 Å². The van der Waals surface area contributed by atoms with E-state index >= 15 is 0 Å². The lowest BCUT2D eigenvalue weighted by Crippen LogP contribution is -2.49. The smallest absolute Gasteiger partial charge is 0.321 e. The number of amides is 2. The average molecular weight is 309 g/mol. The van der Waals surface area contributed by atoms with Gasteiger partial charge in [0.25, 0.3) is 0 Å². The van der Waals surface area contributed by atoms with E-state index in [4.69, 9.17) is 0 Å². The number of anilines is 1. The predicted molar refractivity (Wildman–Crippen MR) is 93.5 cm³/mol. The van der Waals surface area contributed by atoms with Crippen LogP contribution in [0.3, 0.4) is 0 Å². The average Bonchev–Trinajstić information content (AvgIpc) is 2.58. The van der Waals surface area contributed by atoms with Crippen molar-refractivity contribution >= 4 is 11.7 Å². The summed E-state index contributed by atoms with van der Waals surface area (Å²) in [5.41, 5.74) is 3.37. The summed E-state index contributed by atoms with van der Waals surface area (Å²) >= 11 is 0. The Morgan fingerprint density at radius 1 is 0.957 bits per heavy atom. The first-order valence-electron chi connectivity index (χ1n) is 8.09. The quantitative estimate of drug-likeness (QED) is 0.944. The number of urea groups is 1. The minimum atomic E-state index is -0.00628. The second kappa shape index (κ2) is 7.29. The van der Waals surface area contributed by atoms with Gasteiger partial charge in [-0.15, -0.1) is 0 Å². The van der Waals surface area contributed by atoms with Crippen LogP contribution in [0.15, 0.2) is 54.6 Å². The van der Waals surface area contributed by atoms with E-state index in [9.17, 15) is 4.79 Å². The molecule has 1 aliphatic heterocycles. The van der Waals surface area contributed by atoms with Gasteiger partial charge in [-0.25, -0.2) is 4.79 Å². The molecule has 4 heteroatoms. The summed E-state index contributed by atoms with van der Waals surface area (Å²) in [6.07, 6.45) is 0. The number of benzene rings is 2. The molecule has 120 valence electrons. The first-order chi connectivity index (χ1) is 11.2. The normalized spacial score (nSPS) is 15.4. The van der Waals surface area contributed by atoms with Crippen molar-refractivity contribution in [2.45, 2.75) is 13.5 Å². The van der Waals surface area contributed by atoms with Crippen molar-refractivity contribution in [3.8, 4) is 0 Å². The summed E-state index contributed by atoms with van der Waals surface area (Å²) in [4.78, 5) is 16.6. The molecule has 0 aromatic heterocycles. The van der Waals surface area contributed by atoms with Crippen LogP contribution in [0.5, 0.6) is 0 Å². The Hall–Kier alpha value is -2.33. The zero-order valence-electron chi connectivity index (χ0n) is 13.5. The van der Waals surface area contributed by atoms with E-state index in [0.717, 1.165) is 38.4 Å². The molecule has 1 saturated heterocycles. The lowest BCUT2D eigenvalue weighted by molar-refractivity contribution is 0.143. The fraction of sp³-hybridized carbons (Fsp3) is 0.316. The molecule has 3 rings (SSSR count). The highest BCUT2D eigenvalue weighted by atomic mass is 16.2. The molecule has 1 N–H and O–H groups in total. The van der Waals surface area contributed by atoms with E-state index in [2.05, 4.69) is 34.5 Å². The highest BCUT2D eigenvalue weighted by Crippen LogP contribution is 2.12. The van der Waals surface area contributed by atoms with Gasteiger partial charge in [0.05, 0.1) is 0 Å². The van der Waals surface area contributed by atoms with Crippen molar-refractivity contribution in [3.63, 3.8) is 0 Å². The van der Waals surface area contributed by atoms with Crippen LogP contribution in [0, 0.1) is 6.92 Å². The minimum absolute atomic E-state index is 0.00628. The minimum Gasteiger partial charge on any atom is -0.322 e. The molecule has 1 fully saturated rings. The van der Waals surface area contributed by atoms with Crippen molar-refractivity contribution in [1.29, 1.82) is 0 Å². The Bertz CT molecular complexity index is 631. The third-order valence-corrected chi connectivity index (χ3v) is 4.21. The summed E-state index contributed by atoms with van der Waals surface area (Å²) in [5.74, 6) is 0. The SMILES string of the molecule is Cc1ccc(NC(=O)N2CCN(Cc3ccccc3)CC2)cc1. The number of rotatable bonds is 3. The number of nitrogens with one attached hydrogen (secondary N) is 1. The van der Waals surface area contributed by atoms with Gasteiger partial charge < -0.3 is 10.2 Å². The second-order valence-corrected chi connectivity index (χ2v) is 6.04. The van der Waals surface area contributed by atoms with Crippen LogP contribution in [0.25, 0.3) is 0 Å². The summed E-state index contributed by atoms with van der Waals surface area (Å²) in [5, 5.41) is 2.97. The molecule has 1 heterocycles. The highest BCUT2D eigenvalue weighted by molar-refractivity contribution is 5.89. The van der Waals surface area contributed by atoms with Crippen LogP contribution in [0.2, 0.25) is 0 Å². The van der Waals surface area contributed by atoms with Gasteiger partial charge in [0.15, 0.2) is 0 Å². The molecule has 0 unspecified atom stereocenters. The zero-order chi connectivity index (χ0) is 16.1. The van der Waals surface area contributed by atoms with E-state index in [-0.39, 0.29) is 6.03 Å². The summed E-state index contributed by atoms with van der Waals surface area (Å²) < 4.78 is 0. The van der Waals surface area contributed by atoms with Gasteiger partial charge in [-0.1, -0.05) is 48.0 Å². The molecule has 0 bridgehead atoms. The Morgan fingerprint density at radius 2 is 1.61 bits per heavy atom. The van der Waals surface area contributed by atoms with Gasteiger partial charge in [0.2, 0.25) is 0 Å². The fourth-order valence-corrected chi connectivity index (χ4v) is 2.79. The highest BCUT2D eigenvalue weighted by Gasteiger charge is 2.21. The third kappa shape index (κ3) is 4.33. The number of hydrogen-bond acceptors (Lipinski definition) is 2. The topological polar surface area (TPSA) is 35.6 Å². The Balaban J connectivity index is 1.48. The predicted octanol–water partition coefficient (Wildman–Crippen LogP) is 3.34. The molecular formula is C19H23N3O. The Morgan fingerprint density at radius 3 is 2.26 bits per heavy atom. The molecule has 23 heavy (non-hydrogen) atoms. The molecule has 2 aromatic carbocycles. The van der Waals surface area contributed by atoms with Crippen LogP contribution in [0.4, 0.5) is 10.5 Å². The maximum atomic E-state index is 12.3. The van der Waals surface area contributed by atoms with E-state index in [1.165, 1.54) is 11.1 Å². The molecule has 0 radical (unpaired) electrons. The molecule has 0 atom stereocenters. The monoisotopic (exact) mass is 309 g/mol. The third-order valence-electron chi connectivity index (χ3n) is 4.21. The number of carbonyl (C=O) groups excluding carboxylic acids is 1. The second-order valence-electron chi connectivity index (χ2n) is 6.04. The Kier molecular flexibility index (Phi) is 4.93. The Labute approximate surface area is 137 Å². The molecule has 0 spiro atoms. The van der Waals surface area contributed by atoms with Gasteiger partial charge in [-0.3, -0.25) is 4.90 Å². The maximum Gasteiger partial charge on any atom is 0.321 e. The summed E-state index contributed by atoms with van der Waals surface area (Å²) in [6.45, 7) is 6.35. The number of aryl methyl sites for hydroxylation is 1. The van der Waals surface area contributed by atoms with Gasteiger partial charge in [-0.2, -0.15) is 0 Å². The van der Waals surface area contributed by atoms with Crippen LogP contribution >= 0.6 is 0 Å². The molecule has 1 aliphatic rings. The van der Waals surface area contributed by atoms with E-state index in [1.54, 1.807) is 0 Å². The van der Waals surface area contributed by atoms with E-state index in [1.807, 2.05) is 42.2 Å². The molecule has 2 amide bonds. The van der Waals surface area contributed by atoms with E-state index < -0.39 is 0 Å². The van der Waals surface area contributed by atoms with Gasteiger partial charge in [-0.05, 0) is 24.6 Å². The lowest BCUT2D eigenvalue weighted by atomic mass is 10.2. The zero-order valence-corrected chi connectivity index (χ0v) is 13.5. The molecule has 2 aromatic rings. The van der Waals surface area contributed by atoms with Crippen LogP contribution in [-0.2, 0) is 6.54 Å². The number of hydrogen-bond donors (Lipinski definition) is 1. The van der Waals surface area contributed by atoms with Crippen molar-refractivity contribution in [3.05, 3.63) is 65.7 Å². The van der Waals surface area contributed by atoms with Crippen LogP contribution < -0.4 is 5.32 Å². The summed E-state index contributed by atoms with van der Waals surface area (Å²) in [7, 11) is 0. The lowest BCUT2D eigenvalue weighted by Gasteiger charge is -2.34. The molecule has 4 nitrogen and oxygen atoms in total. The molecule has 0 saturated carbocycles. The van der Waals surface area contributed by atoms with Gasteiger partial charge in [0.1, 0.15) is 0 Å². The van der Waals surface area contributed by atoms with Crippen LogP contribution in [-0.4, -0.2) is 42.0 Å². The number of nitrogens with zero attached hydrogens (tertiary/aromatic N) is 2. The number of piperazine rings is 1. The standard InChI is InChI=1S/C19H23N3O/c1-16-7-9-18(10-8-16)20-19(23)22-13-11-21(12-14-22)15-17-5-3-2-4-6-17/h2-10H,11-15H2,1H3,(H,20,23). The summed E-state index contributed by atoms with van der Waals surface area (Å²) in [6, 6.07) is 18.4. The van der Waals surface area contributed by atoms with Crippen molar-refractivity contribution in [2.24, 2.45) is 0 Å². The maximum absolute atomic E-state index is 12.3. The van der Waals surface area contributed by atoms with Crippen molar-refractivity contribution < 1.29 is 4.79 Å². The van der Waals surface area contributed by atoms with Gasteiger partial charge >= 0.3 is 6.03 Å². The largest absolute Gasteiger partial charge is 0.322 e. The van der Waals surface area contributed by atoms with Crippen molar-refractivity contribution in [1.82, 2.24) is 9.80 Å². The fourth-order valence-electron chi connectivity index (χ4n) is 2.79. The molecule has 0 aliphatic carbocycles. The molecular weight excluding hydrogens is 286 g/mol.